The van der Waals surface area contributed by atoms with Crippen LogP contribution in [0.3, 0.4) is 0 Å². The minimum atomic E-state index is -0.701. The molecule has 3 N–H and O–H groups in total. The van der Waals surface area contributed by atoms with Crippen molar-refractivity contribution in [2.75, 3.05) is 68.9 Å². The summed E-state index contributed by atoms with van der Waals surface area (Å²) in [4.78, 5) is 39.5. The van der Waals surface area contributed by atoms with Crippen LogP contribution in [0.4, 0.5) is 23.0 Å². The molecule has 0 unspecified atom stereocenters. The van der Waals surface area contributed by atoms with Crippen LogP contribution in [0.5, 0.6) is 5.75 Å². The maximum Gasteiger partial charge on any atom is 0.251 e. The third kappa shape index (κ3) is 5.21. The zero-order valence-electron chi connectivity index (χ0n) is 22.9. The first-order chi connectivity index (χ1) is 19.3. The molecule has 0 aliphatic carbocycles. The molecule has 0 radical (unpaired) electrons. The van der Waals surface area contributed by atoms with E-state index in [9.17, 15) is 9.59 Å². The second kappa shape index (κ2) is 11.6. The van der Waals surface area contributed by atoms with E-state index in [4.69, 9.17) is 25.8 Å². The van der Waals surface area contributed by atoms with Crippen LogP contribution in [-0.2, 0) is 9.53 Å². The molecular weight excluding hydrogens is 516 g/mol. The highest BCUT2D eigenvalue weighted by molar-refractivity contribution is 6.05. The summed E-state index contributed by atoms with van der Waals surface area (Å²) >= 11 is 0. The number of hydrogen-bond donors (Lipinski definition) is 2. The highest BCUT2D eigenvalue weighted by atomic mass is 16.5. The molecule has 14 heteroatoms. The van der Waals surface area contributed by atoms with Crippen molar-refractivity contribution in [3.63, 3.8) is 0 Å². The lowest BCUT2D eigenvalue weighted by atomic mass is 10.0. The van der Waals surface area contributed by atoms with E-state index in [0.717, 1.165) is 13.1 Å². The van der Waals surface area contributed by atoms with Gasteiger partial charge in [-0.25, -0.2) is 10.8 Å². The largest absolute Gasteiger partial charge is 0.494 e. The average Bonchev–Trinajstić information content (AvgIpc) is 2.96. The minimum absolute atomic E-state index is 0.0246. The molecule has 0 bridgehead atoms. The number of benzene rings is 1. The number of azide groups is 1. The van der Waals surface area contributed by atoms with Gasteiger partial charge in [-0.2, -0.15) is 0 Å². The van der Waals surface area contributed by atoms with Crippen molar-refractivity contribution in [3.05, 3.63) is 46.3 Å². The molecular formula is C26H34N10O4. The van der Waals surface area contributed by atoms with Gasteiger partial charge in [0.15, 0.2) is 5.82 Å². The SMILES string of the molecule is COc1cc(C(=O)NC2CN(C)C2)ccc1N(N)c1ccc2c(n1)N(C1CCOCC1)[C@H](CN=[N+]=[N-])C(=O)N2C. The number of rotatable bonds is 8. The van der Waals surface area contributed by atoms with Gasteiger partial charge >= 0.3 is 0 Å². The second-order valence-corrected chi connectivity index (χ2v) is 10.2. The van der Waals surface area contributed by atoms with Crippen LogP contribution in [0.2, 0.25) is 0 Å². The summed E-state index contributed by atoms with van der Waals surface area (Å²) in [6, 6.07) is 8.00. The normalized spacial score (nSPS) is 19.9. The van der Waals surface area contributed by atoms with E-state index in [0.29, 0.717) is 60.4 Å². The smallest absolute Gasteiger partial charge is 0.251 e. The summed E-state index contributed by atoms with van der Waals surface area (Å²) in [6.45, 7) is 2.73. The van der Waals surface area contributed by atoms with Crippen LogP contribution in [0.1, 0.15) is 23.2 Å². The summed E-state index contributed by atoms with van der Waals surface area (Å²) < 4.78 is 11.2. The number of fused-ring (bicyclic) bond motifs is 1. The molecule has 4 heterocycles. The highest BCUT2D eigenvalue weighted by Gasteiger charge is 2.41. The molecule has 3 aliphatic heterocycles. The number of carbonyl (C=O) groups is 2. The fourth-order valence-corrected chi connectivity index (χ4v) is 5.50. The van der Waals surface area contributed by atoms with Crippen LogP contribution in [0.25, 0.3) is 10.4 Å². The fourth-order valence-electron chi connectivity index (χ4n) is 5.50. The number of hydrogen-bond acceptors (Lipinski definition) is 10. The molecule has 3 aliphatic rings. The summed E-state index contributed by atoms with van der Waals surface area (Å²) in [5, 5.41) is 8.14. The number of ether oxygens (including phenoxy) is 2. The Morgan fingerprint density at radius 3 is 2.70 bits per heavy atom. The Bertz CT molecular complexity index is 1320. The number of nitrogens with zero attached hydrogens (tertiary/aromatic N) is 8. The van der Waals surface area contributed by atoms with Crippen LogP contribution < -0.4 is 30.7 Å². The fraction of sp³-hybridized carbons (Fsp3) is 0.500. The van der Waals surface area contributed by atoms with Gasteiger partial charge in [0.25, 0.3) is 5.91 Å². The molecule has 1 aromatic carbocycles. The lowest BCUT2D eigenvalue weighted by molar-refractivity contribution is -0.120. The predicted molar refractivity (Wildman–Crippen MR) is 150 cm³/mol. The van der Waals surface area contributed by atoms with Gasteiger partial charge in [0, 0.05) is 49.9 Å². The summed E-state index contributed by atoms with van der Waals surface area (Å²) in [5.74, 6) is 7.62. The molecule has 14 nitrogen and oxygen atoms in total. The topological polar surface area (TPSA) is 165 Å². The van der Waals surface area contributed by atoms with Crippen molar-refractivity contribution in [1.82, 2.24) is 15.2 Å². The molecule has 212 valence electrons. The molecule has 0 saturated carbocycles. The van der Waals surface area contributed by atoms with Gasteiger partial charge in [0.1, 0.15) is 23.3 Å². The maximum absolute atomic E-state index is 13.3. The van der Waals surface area contributed by atoms with Crippen LogP contribution in [-0.4, -0.2) is 93.9 Å². The number of amides is 2. The van der Waals surface area contributed by atoms with E-state index in [1.165, 1.54) is 17.0 Å². The monoisotopic (exact) mass is 550 g/mol. The first kappa shape index (κ1) is 27.5. The van der Waals surface area contributed by atoms with Crippen molar-refractivity contribution in [2.45, 2.75) is 31.0 Å². The van der Waals surface area contributed by atoms with Crippen molar-refractivity contribution in [2.24, 2.45) is 11.0 Å². The van der Waals surface area contributed by atoms with Crippen molar-refractivity contribution in [3.8, 4) is 5.75 Å². The predicted octanol–water partition coefficient (Wildman–Crippen LogP) is 1.79. The molecule has 40 heavy (non-hydrogen) atoms. The zero-order chi connectivity index (χ0) is 28.4. The van der Waals surface area contributed by atoms with Crippen molar-refractivity contribution >= 4 is 34.8 Å². The average molecular weight is 551 g/mol. The lowest BCUT2D eigenvalue weighted by Gasteiger charge is -2.45. The van der Waals surface area contributed by atoms with Crippen molar-refractivity contribution < 1.29 is 19.1 Å². The lowest BCUT2D eigenvalue weighted by Crippen LogP contribution is -2.58. The molecule has 2 saturated heterocycles. The van der Waals surface area contributed by atoms with Crippen LogP contribution in [0, 0.1) is 0 Å². The van der Waals surface area contributed by atoms with Crippen molar-refractivity contribution in [1.29, 1.82) is 0 Å². The Labute approximate surface area is 232 Å². The molecule has 1 atom stereocenters. The summed E-state index contributed by atoms with van der Waals surface area (Å²) in [5.41, 5.74) is 10.6. The summed E-state index contributed by atoms with van der Waals surface area (Å²) in [7, 11) is 5.20. The highest BCUT2D eigenvalue weighted by Crippen LogP contribution is 2.40. The van der Waals surface area contributed by atoms with E-state index in [1.54, 1.807) is 37.4 Å². The number of aromatic nitrogens is 1. The Hall–Kier alpha value is -4.10. The number of likely N-dealkylation sites (tertiary alicyclic amines) is 1. The number of pyridine rings is 1. The zero-order valence-corrected chi connectivity index (χ0v) is 22.9. The number of hydrazine groups is 1. The number of nitrogens with one attached hydrogen (secondary N) is 1. The van der Waals surface area contributed by atoms with Crippen LogP contribution in [0.15, 0.2) is 35.4 Å². The Kier molecular flexibility index (Phi) is 7.94. The first-order valence-electron chi connectivity index (χ1n) is 13.2. The number of likely N-dealkylation sites (N-methyl/N-ethyl adjacent to an activating group) is 2. The maximum atomic E-state index is 13.3. The number of nitrogens with two attached hydrogens (primary N) is 1. The minimum Gasteiger partial charge on any atom is -0.494 e. The third-order valence-corrected chi connectivity index (χ3v) is 7.65. The standard InChI is InChI=1S/C26H34N10O4/c1-33-14-17(15-33)30-25(37)16-4-5-19(22(12-16)39-3)36(28)23-7-6-20-24(31-23)35(18-8-10-40-11-9-18)21(13-29-32-27)26(38)34(20)2/h4-7,12,17-18,21H,8-11,13-15,28H2,1-3H3,(H,30,37)/t21-/m1/s1. The first-order valence-corrected chi connectivity index (χ1v) is 13.2. The van der Waals surface area contributed by atoms with Gasteiger partial charge in [-0.3, -0.25) is 14.6 Å². The molecule has 2 fully saturated rings. The molecule has 2 aromatic rings. The van der Waals surface area contributed by atoms with Crippen LogP contribution >= 0.6 is 0 Å². The van der Waals surface area contributed by atoms with Gasteiger partial charge < -0.3 is 29.5 Å². The molecule has 5 rings (SSSR count). The number of carbonyl (C=O) groups excluding carboxylic acids is 2. The number of anilines is 4. The second-order valence-electron chi connectivity index (χ2n) is 10.2. The molecule has 0 spiro atoms. The molecule has 2 amide bonds. The van der Waals surface area contributed by atoms with Gasteiger partial charge in [0.2, 0.25) is 5.91 Å². The van der Waals surface area contributed by atoms with E-state index in [2.05, 4.69) is 20.2 Å². The van der Waals surface area contributed by atoms with Gasteiger partial charge in [-0.05, 0) is 55.8 Å². The van der Waals surface area contributed by atoms with E-state index >= 15 is 0 Å². The molecule has 1 aromatic heterocycles. The van der Waals surface area contributed by atoms with Gasteiger partial charge in [-0.15, -0.1) is 0 Å². The Morgan fingerprint density at radius 2 is 2.02 bits per heavy atom. The quantitative estimate of drug-likeness (QED) is 0.164. The van der Waals surface area contributed by atoms with E-state index in [1.807, 2.05) is 11.9 Å². The van der Waals surface area contributed by atoms with Gasteiger partial charge in [0.05, 0.1) is 25.4 Å². The van der Waals surface area contributed by atoms with E-state index < -0.39 is 6.04 Å². The third-order valence-electron chi connectivity index (χ3n) is 7.65. The summed E-state index contributed by atoms with van der Waals surface area (Å²) in [6.07, 6.45) is 1.41. The van der Waals surface area contributed by atoms with Gasteiger partial charge in [-0.1, -0.05) is 5.11 Å². The van der Waals surface area contributed by atoms with E-state index in [-0.39, 0.29) is 30.4 Å². The number of methoxy groups -OCH3 is 1. The Balaban J connectivity index is 1.47. The Morgan fingerprint density at radius 1 is 1.27 bits per heavy atom.